The molecular weight excluding hydrogens is 278 g/mol. The Morgan fingerprint density at radius 3 is 2.91 bits per heavy atom. The normalized spacial score (nSPS) is 20.4. The molecule has 1 heterocycles. The Hall–Kier alpha value is -1.75. The van der Waals surface area contributed by atoms with Gasteiger partial charge in [0.25, 0.3) is 0 Å². The standard InChI is InChI=1S/C17H27N3O2/c1-4-15(20-10-6-5-7-12(20)2)17(21)19-14-9-8-13(18)11-16(14)22-3/h8-9,11-12,15H,4-7,10,18H2,1-3H3,(H,19,21). The van der Waals surface area contributed by atoms with Gasteiger partial charge in [0.15, 0.2) is 0 Å². The molecule has 1 amide bonds. The van der Waals surface area contributed by atoms with Crippen LogP contribution in [0, 0.1) is 0 Å². The molecule has 2 rings (SSSR count). The minimum Gasteiger partial charge on any atom is -0.494 e. The molecule has 1 aliphatic heterocycles. The van der Waals surface area contributed by atoms with Gasteiger partial charge in [-0.1, -0.05) is 13.3 Å². The Balaban J connectivity index is 2.12. The number of benzene rings is 1. The summed E-state index contributed by atoms with van der Waals surface area (Å²) < 4.78 is 5.30. The molecule has 1 aliphatic rings. The Labute approximate surface area is 132 Å². The average Bonchev–Trinajstić information content (AvgIpc) is 2.51. The molecule has 2 unspecified atom stereocenters. The van der Waals surface area contributed by atoms with Crippen molar-refractivity contribution in [2.24, 2.45) is 0 Å². The minimum absolute atomic E-state index is 0.0271. The second-order valence-electron chi connectivity index (χ2n) is 5.96. The van der Waals surface area contributed by atoms with Crippen molar-refractivity contribution in [1.29, 1.82) is 0 Å². The summed E-state index contributed by atoms with van der Waals surface area (Å²) in [5.74, 6) is 0.620. The van der Waals surface area contributed by atoms with Crippen molar-refractivity contribution in [3.63, 3.8) is 0 Å². The average molecular weight is 305 g/mol. The Morgan fingerprint density at radius 2 is 2.27 bits per heavy atom. The maximum absolute atomic E-state index is 12.7. The van der Waals surface area contributed by atoms with Crippen LogP contribution in [-0.2, 0) is 4.79 Å². The van der Waals surface area contributed by atoms with Crippen LogP contribution in [-0.4, -0.2) is 36.5 Å². The number of nitrogen functional groups attached to an aromatic ring is 1. The number of hydrogen-bond acceptors (Lipinski definition) is 4. The Bertz CT molecular complexity index is 519. The van der Waals surface area contributed by atoms with Crippen LogP contribution in [0.5, 0.6) is 5.75 Å². The number of carbonyl (C=O) groups excluding carboxylic acids is 1. The van der Waals surface area contributed by atoms with E-state index in [1.165, 1.54) is 12.8 Å². The molecule has 22 heavy (non-hydrogen) atoms. The number of nitrogens with two attached hydrogens (primary N) is 1. The number of piperidine rings is 1. The molecule has 3 N–H and O–H groups in total. The van der Waals surface area contributed by atoms with E-state index in [0.717, 1.165) is 19.4 Å². The molecule has 0 spiro atoms. The SMILES string of the molecule is CCC(C(=O)Nc1ccc(N)cc1OC)N1CCCCC1C. The van der Waals surface area contributed by atoms with Gasteiger partial charge in [-0.3, -0.25) is 9.69 Å². The first-order valence-electron chi connectivity index (χ1n) is 8.07. The van der Waals surface area contributed by atoms with Crippen LogP contribution in [0.25, 0.3) is 0 Å². The number of nitrogens with one attached hydrogen (secondary N) is 1. The fourth-order valence-electron chi connectivity index (χ4n) is 3.18. The van der Waals surface area contributed by atoms with Gasteiger partial charge < -0.3 is 15.8 Å². The number of rotatable bonds is 5. The fraction of sp³-hybridized carbons (Fsp3) is 0.588. The highest BCUT2D eigenvalue weighted by Gasteiger charge is 2.30. The number of carbonyl (C=O) groups is 1. The van der Waals surface area contributed by atoms with Gasteiger partial charge in [0.05, 0.1) is 18.8 Å². The Kier molecular flexibility index (Phi) is 5.66. The minimum atomic E-state index is -0.0995. The van der Waals surface area contributed by atoms with Gasteiger partial charge in [-0.2, -0.15) is 0 Å². The van der Waals surface area contributed by atoms with E-state index in [1.54, 1.807) is 25.3 Å². The predicted octanol–water partition coefficient (Wildman–Crippen LogP) is 2.87. The summed E-state index contributed by atoms with van der Waals surface area (Å²) in [7, 11) is 1.58. The monoisotopic (exact) mass is 305 g/mol. The molecule has 0 aliphatic carbocycles. The Morgan fingerprint density at radius 1 is 1.50 bits per heavy atom. The van der Waals surface area contributed by atoms with Gasteiger partial charge in [0.1, 0.15) is 5.75 Å². The first kappa shape index (κ1) is 16.6. The smallest absolute Gasteiger partial charge is 0.241 e. The predicted molar refractivity (Wildman–Crippen MR) is 90.1 cm³/mol. The molecule has 5 heteroatoms. The third-order valence-electron chi connectivity index (χ3n) is 4.43. The van der Waals surface area contributed by atoms with E-state index in [2.05, 4.69) is 24.1 Å². The van der Waals surface area contributed by atoms with E-state index in [0.29, 0.717) is 23.2 Å². The number of nitrogens with zero attached hydrogens (tertiary/aromatic N) is 1. The second kappa shape index (κ2) is 7.49. The molecular formula is C17H27N3O2. The van der Waals surface area contributed by atoms with E-state index >= 15 is 0 Å². The van der Waals surface area contributed by atoms with E-state index in [4.69, 9.17) is 10.5 Å². The third-order valence-corrected chi connectivity index (χ3v) is 4.43. The van der Waals surface area contributed by atoms with Gasteiger partial charge >= 0.3 is 0 Å². The van der Waals surface area contributed by atoms with Gasteiger partial charge in [-0.25, -0.2) is 0 Å². The van der Waals surface area contributed by atoms with Crippen LogP contribution < -0.4 is 15.8 Å². The summed E-state index contributed by atoms with van der Waals surface area (Å²) in [4.78, 5) is 15.0. The lowest BCUT2D eigenvalue weighted by Gasteiger charge is -2.38. The zero-order valence-electron chi connectivity index (χ0n) is 13.8. The van der Waals surface area contributed by atoms with Crippen molar-refractivity contribution in [3.05, 3.63) is 18.2 Å². The zero-order chi connectivity index (χ0) is 16.1. The molecule has 1 fully saturated rings. The van der Waals surface area contributed by atoms with Crippen LogP contribution in [0.3, 0.4) is 0 Å². The van der Waals surface area contributed by atoms with Crippen LogP contribution in [0.1, 0.15) is 39.5 Å². The molecule has 0 bridgehead atoms. The topological polar surface area (TPSA) is 67.6 Å². The quantitative estimate of drug-likeness (QED) is 0.821. The number of ether oxygens (including phenoxy) is 1. The van der Waals surface area contributed by atoms with Crippen molar-refractivity contribution in [2.45, 2.75) is 51.6 Å². The van der Waals surface area contributed by atoms with E-state index in [1.807, 2.05) is 0 Å². The molecule has 5 nitrogen and oxygen atoms in total. The highest BCUT2D eigenvalue weighted by Crippen LogP contribution is 2.28. The number of amides is 1. The van der Waals surface area contributed by atoms with Crippen LogP contribution in [0.15, 0.2) is 18.2 Å². The van der Waals surface area contributed by atoms with Crippen molar-refractivity contribution in [1.82, 2.24) is 4.90 Å². The largest absolute Gasteiger partial charge is 0.494 e. The lowest BCUT2D eigenvalue weighted by Crippen LogP contribution is -2.50. The van der Waals surface area contributed by atoms with Gasteiger partial charge in [0.2, 0.25) is 5.91 Å². The van der Waals surface area contributed by atoms with Crippen molar-refractivity contribution < 1.29 is 9.53 Å². The molecule has 2 atom stereocenters. The maximum Gasteiger partial charge on any atom is 0.241 e. The first-order valence-corrected chi connectivity index (χ1v) is 8.07. The second-order valence-corrected chi connectivity index (χ2v) is 5.96. The highest BCUT2D eigenvalue weighted by molar-refractivity contribution is 5.96. The molecule has 122 valence electrons. The van der Waals surface area contributed by atoms with Gasteiger partial charge in [0, 0.05) is 17.8 Å². The summed E-state index contributed by atoms with van der Waals surface area (Å²) in [5.41, 5.74) is 7.04. The summed E-state index contributed by atoms with van der Waals surface area (Å²) in [5, 5.41) is 3.00. The number of methoxy groups -OCH3 is 1. The van der Waals surface area contributed by atoms with E-state index in [9.17, 15) is 4.79 Å². The molecule has 0 saturated carbocycles. The van der Waals surface area contributed by atoms with E-state index < -0.39 is 0 Å². The van der Waals surface area contributed by atoms with Crippen molar-refractivity contribution in [3.8, 4) is 5.75 Å². The lowest BCUT2D eigenvalue weighted by molar-refractivity contribution is -0.122. The number of hydrogen-bond donors (Lipinski definition) is 2. The maximum atomic E-state index is 12.7. The summed E-state index contributed by atoms with van der Waals surface area (Å²) >= 11 is 0. The van der Waals surface area contributed by atoms with E-state index in [-0.39, 0.29) is 11.9 Å². The molecule has 1 aromatic carbocycles. The zero-order valence-corrected chi connectivity index (χ0v) is 13.8. The van der Waals surface area contributed by atoms with Crippen molar-refractivity contribution in [2.75, 3.05) is 24.7 Å². The van der Waals surface area contributed by atoms with Crippen LogP contribution in [0.4, 0.5) is 11.4 Å². The molecule has 1 saturated heterocycles. The van der Waals surface area contributed by atoms with Gasteiger partial charge in [-0.15, -0.1) is 0 Å². The highest BCUT2D eigenvalue weighted by atomic mass is 16.5. The van der Waals surface area contributed by atoms with Crippen LogP contribution >= 0.6 is 0 Å². The number of anilines is 2. The molecule has 0 radical (unpaired) electrons. The summed E-state index contributed by atoms with van der Waals surface area (Å²) in [6, 6.07) is 5.64. The first-order chi connectivity index (χ1) is 10.6. The molecule has 1 aromatic rings. The van der Waals surface area contributed by atoms with Crippen LogP contribution in [0.2, 0.25) is 0 Å². The summed E-state index contributed by atoms with van der Waals surface area (Å²) in [6.45, 7) is 5.26. The summed E-state index contributed by atoms with van der Waals surface area (Å²) in [6.07, 6.45) is 4.38. The lowest BCUT2D eigenvalue weighted by atomic mass is 9.99. The molecule has 0 aromatic heterocycles. The number of likely N-dealkylation sites (tertiary alicyclic amines) is 1. The van der Waals surface area contributed by atoms with Gasteiger partial charge in [-0.05, 0) is 44.9 Å². The third kappa shape index (κ3) is 3.71. The van der Waals surface area contributed by atoms with Crippen molar-refractivity contribution >= 4 is 17.3 Å². The fourth-order valence-corrected chi connectivity index (χ4v) is 3.18.